The third kappa shape index (κ3) is 8.87. The summed E-state index contributed by atoms with van der Waals surface area (Å²) >= 11 is 2.77. The molecule has 3 amide bonds. The zero-order chi connectivity index (χ0) is 36.5. The lowest BCUT2D eigenvalue weighted by molar-refractivity contribution is -0.116. The monoisotopic (exact) mass is 728 g/mol. The Morgan fingerprint density at radius 3 is 2.38 bits per heavy atom. The third-order valence-electron chi connectivity index (χ3n) is 8.08. The van der Waals surface area contributed by atoms with Crippen molar-refractivity contribution in [1.29, 1.82) is 0 Å². The molecule has 1 atom stereocenters. The van der Waals surface area contributed by atoms with Crippen LogP contribution in [0.3, 0.4) is 0 Å². The maximum Gasteiger partial charge on any atom is 0.272 e. The van der Waals surface area contributed by atoms with Crippen molar-refractivity contribution in [2.75, 3.05) is 24.9 Å². The number of fused-ring (bicyclic) bond motifs is 1. The number of hydrogen-bond acceptors (Lipinski definition) is 8. The van der Waals surface area contributed by atoms with Gasteiger partial charge in [-0.05, 0) is 77.9 Å². The number of rotatable bonds is 13. The molecule has 11 heteroatoms. The standard InChI is InChI=1S/C41H36N4O5S2/c1-4-37(40(48)45-41-44-35(25-51-41)29-18-17-26-11-8-9-14-28(26)21-29)52-33-16-10-15-31(24-33)42-39(47)34(43-38(46)27-12-6-5-7-13-27)23-30-22-32(49-2)19-20-36(30)50-3/h5-25,37H,4H2,1-3H3,(H,42,47)(H,43,46)(H,44,45,48)/b34-23+. The molecular weight excluding hydrogens is 693 g/mol. The van der Waals surface area contributed by atoms with Gasteiger partial charge in [-0.2, -0.15) is 0 Å². The molecule has 0 fully saturated rings. The van der Waals surface area contributed by atoms with Gasteiger partial charge in [0.15, 0.2) is 5.13 Å². The predicted octanol–water partition coefficient (Wildman–Crippen LogP) is 8.90. The topological polar surface area (TPSA) is 119 Å². The summed E-state index contributed by atoms with van der Waals surface area (Å²) in [5.41, 5.74) is 3.19. The molecule has 3 N–H and O–H groups in total. The van der Waals surface area contributed by atoms with Gasteiger partial charge in [0.25, 0.3) is 11.8 Å². The summed E-state index contributed by atoms with van der Waals surface area (Å²) in [6, 6.07) is 35.4. The SMILES string of the molecule is CCC(Sc1cccc(NC(=O)/C(=C\c2cc(OC)ccc2OC)NC(=O)c2ccccc2)c1)C(=O)Nc1nc(-c2ccc3ccccc3c2)cs1. The molecule has 1 heterocycles. The van der Waals surface area contributed by atoms with E-state index in [9.17, 15) is 14.4 Å². The summed E-state index contributed by atoms with van der Waals surface area (Å²) in [4.78, 5) is 45.8. The van der Waals surface area contributed by atoms with Crippen LogP contribution in [0, 0.1) is 0 Å². The van der Waals surface area contributed by atoms with Crippen molar-refractivity contribution in [3.8, 4) is 22.8 Å². The fourth-order valence-corrected chi connectivity index (χ4v) is 7.12. The number of aromatic nitrogens is 1. The summed E-state index contributed by atoms with van der Waals surface area (Å²) in [5.74, 6) is -0.116. The molecule has 262 valence electrons. The van der Waals surface area contributed by atoms with E-state index in [0.29, 0.717) is 39.9 Å². The van der Waals surface area contributed by atoms with E-state index in [0.717, 1.165) is 26.9 Å². The van der Waals surface area contributed by atoms with Gasteiger partial charge >= 0.3 is 0 Å². The first kappa shape index (κ1) is 35.9. The zero-order valence-corrected chi connectivity index (χ0v) is 30.3. The number of anilines is 2. The van der Waals surface area contributed by atoms with Crippen molar-refractivity contribution >= 4 is 68.5 Å². The molecule has 52 heavy (non-hydrogen) atoms. The fraction of sp³-hybridized carbons (Fsp3) is 0.122. The molecular formula is C41H36N4O5S2. The number of nitrogens with one attached hydrogen (secondary N) is 3. The van der Waals surface area contributed by atoms with E-state index >= 15 is 0 Å². The molecule has 0 bridgehead atoms. The highest BCUT2D eigenvalue weighted by atomic mass is 32.2. The van der Waals surface area contributed by atoms with Crippen LogP contribution < -0.4 is 25.4 Å². The van der Waals surface area contributed by atoms with E-state index in [1.165, 1.54) is 36.3 Å². The van der Waals surface area contributed by atoms with Gasteiger partial charge in [0, 0.05) is 32.7 Å². The van der Waals surface area contributed by atoms with E-state index in [1.807, 2.05) is 36.6 Å². The normalized spacial score (nSPS) is 11.8. The molecule has 0 aliphatic rings. The molecule has 6 rings (SSSR count). The number of thiazole rings is 1. The minimum atomic E-state index is -0.549. The number of hydrogen-bond donors (Lipinski definition) is 3. The minimum absolute atomic E-state index is 0.00391. The zero-order valence-electron chi connectivity index (χ0n) is 28.7. The second-order valence-electron chi connectivity index (χ2n) is 11.6. The summed E-state index contributed by atoms with van der Waals surface area (Å²) in [6.45, 7) is 1.95. The Bertz CT molecular complexity index is 2250. The summed E-state index contributed by atoms with van der Waals surface area (Å²) in [7, 11) is 3.06. The van der Waals surface area contributed by atoms with Crippen LogP contribution in [-0.4, -0.2) is 42.2 Å². The number of carbonyl (C=O) groups excluding carboxylic acids is 3. The number of methoxy groups -OCH3 is 2. The van der Waals surface area contributed by atoms with Crippen LogP contribution >= 0.6 is 23.1 Å². The number of thioether (sulfide) groups is 1. The second kappa shape index (κ2) is 16.9. The molecule has 1 unspecified atom stereocenters. The van der Waals surface area contributed by atoms with Crippen molar-refractivity contribution in [1.82, 2.24) is 10.3 Å². The molecule has 0 aliphatic carbocycles. The van der Waals surface area contributed by atoms with Gasteiger partial charge in [0.05, 0.1) is 25.2 Å². The first-order chi connectivity index (χ1) is 25.3. The lowest BCUT2D eigenvalue weighted by Crippen LogP contribution is -2.30. The number of benzene rings is 5. The van der Waals surface area contributed by atoms with Crippen LogP contribution in [0.15, 0.2) is 131 Å². The number of nitrogens with zero attached hydrogens (tertiary/aromatic N) is 1. The van der Waals surface area contributed by atoms with Crippen molar-refractivity contribution in [3.63, 3.8) is 0 Å². The minimum Gasteiger partial charge on any atom is -0.497 e. The van der Waals surface area contributed by atoms with Crippen LogP contribution in [0.25, 0.3) is 28.1 Å². The van der Waals surface area contributed by atoms with Crippen molar-refractivity contribution in [2.45, 2.75) is 23.5 Å². The Morgan fingerprint density at radius 2 is 1.62 bits per heavy atom. The lowest BCUT2D eigenvalue weighted by atomic mass is 10.1. The second-order valence-corrected chi connectivity index (χ2v) is 13.7. The van der Waals surface area contributed by atoms with Crippen molar-refractivity contribution < 1.29 is 23.9 Å². The molecule has 0 aliphatic heterocycles. The number of amides is 3. The van der Waals surface area contributed by atoms with Crippen LogP contribution in [0.4, 0.5) is 10.8 Å². The highest BCUT2D eigenvalue weighted by molar-refractivity contribution is 8.00. The van der Waals surface area contributed by atoms with E-state index in [4.69, 9.17) is 9.47 Å². The molecule has 9 nitrogen and oxygen atoms in total. The van der Waals surface area contributed by atoms with E-state index in [-0.39, 0.29) is 11.6 Å². The number of carbonyl (C=O) groups is 3. The van der Waals surface area contributed by atoms with Crippen LogP contribution in [-0.2, 0) is 9.59 Å². The molecule has 0 saturated heterocycles. The Balaban J connectivity index is 1.16. The van der Waals surface area contributed by atoms with Gasteiger partial charge in [0.1, 0.15) is 17.2 Å². The van der Waals surface area contributed by atoms with E-state index in [2.05, 4.69) is 45.2 Å². The van der Waals surface area contributed by atoms with Gasteiger partial charge < -0.3 is 25.4 Å². The maximum absolute atomic E-state index is 13.8. The quantitative estimate of drug-likeness (QED) is 0.0803. The van der Waals surface area contributed by atoms with Crippen LogP contribution in [0.1, 0.15) is 29.3 Å². The highest BCUT2D eigenvalue weighted by Crippen LogP contribution is 2.32. The summed E-state index contributed by atoms with van der Waals surface area (Å²) in [6.07, 6.45) is 2.11. The molecule has 0 radical (unpaired) electrons. The molecule has 5 aromatic carbocycles. The average Bonchev–Trinajstić information content (AvgIpc) is 3.65. The van der Waals surface area contributed by atoms with Crippen LogP contribution in [0.2, 0.25) is 0 Å². The van der Waals surface area contributed by atoms with Crippen LogP contribution in [0.5, 0.6) is 11.5 Å². The summed E-state index contributed by atoms with van der Waals surface area (Å²) in [5, 5.41) is 13.0. The van der Waals surface area contributed by atoms with E-state index < -0.39 is 17.1 Å². The molecule has 1 aromatic heterocycles. The Morgan fingerprint density at radius 1 is 0.827 bits per heavy atom. The first-order valence-electron chi connectivity index (χ1n) is 16.5. The molecule has 0 spiro atoms. The van der Waals surface area contributed by atoms with Gasteiger partial charge in [-0.1, -0.05) is 67.6 Å². The first-order valence-corrected chi connectivity index (χ1v) is 18.2. The molecule has 0 saturated carbocycles. The Kier molecular flexibility index (Phi) is 11.6. The van der Waals surface area contributed by atoms with Crippen molar-refractivity contribution in [3.05, 3.63) is 137 Å². The highest BCUT2D eigenvalue weighted by Gasteiger charge is 2.21. The Labute approximate surface area is 310 Å². The largest absolute Gasteiger partial charge is 0.497 e. The third-order valence-corrected chi connectivity index (χ3v) is 10.2. The van der Waals surface area contributed by atoms with Gasteiger partial charge in [-0.25, -0.2) is 4.98 Å². The lowest BCUT2D eigenvalue weighted by Gasteiger charge is -2.15. The maximum atomic E-state index is 13.8. The van der Waals surface area contributed by atoms with Gasteiger partial charge in [-0.3, -0.25) is 14.4 Å². The fourth-order valence-electron chi connectivity index (χ4n) is 5.38. The smallest absolute Gasteiger partial charge is 0.272 e. The molecule has 6 aromatic rings. The van der Waals surface area contributed by atoms with Crippen molar-refractivity contribution in [2.24, 2.45) is 0 Å². The predicted molar refractivity (Wildman–Crippen MR) is 210 cm³/mol. The average molecular weight is 729 g/mol. The van der Waals surface area contributed by atoms with Gasteiger partial charge in [0.2, 0.25) is 5.91 Å². The van der Waals surface area contributed by atoms with Gasteiger partial charge in [-0.15, -0.1) is 23.1 Å². The summed E-state index contributed by atoms with van der Waals surface area (Å²) < 4.78 is 10.9. The van der Waals surface area contributed by atoms with E-state index in [1.54, 1.807) is 73.8 Å². The number of ether oxygens (including phenoxy) is 2. The Hall–Kier alpha value is -5.91.